The third-order valence-electron chi connectivity index (χ3n) is 2.76. The Labute approximate surface area is 95.9 Å². The monoisotopic (exact) mass is 215 g/mol. The summed E-state index contributed by atoms with van der Waals surface area (Å²) in [5, 5.41) is 4.34. The molecule has 1 aromatic heterocycles. The van der Waals surface area contributed by atoms with Crippen molar-refractivity contribution in [2.75, 3.05) is 0 Å². The third kappa shape index (κ3) is 1.86. The summed E-state index contributed by atoms with van der Waals surface area (Å²) in [6.07, 6.45) is 1.86. The number of hydrogen-bond acceptors (Lipinski definition) is 2. The maximum absolute atomic E-state index is 5.73. The minimum absolute atomic E-state index is 0.531. The lowest BCUT2D eigenvalue weighted by Crippen LogP contribution is -2.02. The fourth-order valence-corrected chi connectivity index (χ4v) is 1.86. The number of aryl methyl sites for hydroxylation is 2. The molecule has 84 valence electrons. The molecule has 16 heavy (non-hydrogen) atoms. The van der Waals surface area contributed by atoms with Crippen molar-refractivity contribution in [2.45, 2.75) is 26.9 Å². The Morgan fingerprint density at radius 1 is 1.25 bits per heavy atom. The van der Waals surface area contributed by atoms with Gasteiger partial charge in [-0.3, -0.25) is 4.68 Å². The lowest BCUT2D eigenvalue weighted by molar-refractivity contribution is 0.666. The van der Waals surface area contributed by atoms with Crippen LogP contribution in [0.4, 0.5) is 0 Å². The molecule has 0 radical (unpaired) electrons. The summed E-state index contributed by atoms with van der Waals surface area (Å²) in [4.78, 5) is 0. The largest absolute Gasteiger partial charge is 0.326 e. The predicted octanol–water partition coefficient (Wildman–Crippen LogP) is 2.34. The second-order valence-corrected chi connectivity index (χ2v) is 3.90. The van der Waals surface area contributed by atoms with Crippen LogP contribution in [0.3, 0.4) is 0 Å². The van der Waals surface area contributed by atoms with Gasteiger partial charge in [0.15, 0.2) is 0 Å². The van der Waals surface area contributed by atoms with Crippen LogP contribution in [0, 0.1) is 6.92 Å². The highest BCUT2D eigenvalue weighted by atomic mass is 15.3. The fraction of sp³-hybridized carbons (Fsp3) is 0.308. The average Bonchev–Trinajstić information content (AvgIpc) is 2.73. The Morgan fingerprint density at radius 2 is 1.94 bits per heavy atom. The molecular formula is C13H17N3. The number of benzene rings is 1. The molecule has 1 heterocycles. The first kappa shape index (κ1) is 10.9. The fourth-order valence-electron chi connectivity index (χ4n) is 1.86. The van der Waals surface area contributed by atoms with E-state index in [0.29, 0.717) is 6.54 Å². The zero-order valence-electron chi connectivity index (χ0n) is 9.77. The molecule has 0 aliphatic heterocycles. The van der Waals surface area contributed by atoms with Gasteiger partial charge in [0, 0.05) is 24.2 Å². The van der Waals surface area contributed by atoms with Crippen molar-refractivity contribution in [3.8, 4) is 11.3 Å². The molecule has 0 spiro atoms. The van der Waals surface area contributed by atoms with E-state index < -0.39 is 0 Å². The zero-order valence-corrected chi connectivity index (χ0v) is 9.77. The average molecular weight is 215 g/mol. The van der Waals surface area contributed by atoms with Crippen LogP contribution in [-0.2, 0) is 13.1 Å². The van der Waals surface area contributed by atoms with Crippen molar-refractivity contribution in [3.63, 3.8) is 0 Å². The standard InChI is InChI=1S/C13H17N3/c1-3-16-13(12(8-14)9-15-16)11-6-4-10(2)5-7-11/h4-7,9H,3,8,14H2,1-2H3. The summed E-state index contributed by atoms with van der Waals surface area (Å²) in [5.41, 5.74) is 10.4. The second kappa shape index (κ2) is 4.49. The van der Waals surface area contributed by atoms with E-state index in [-0.39, 0.29) is 0 Å². The van der Waals surface area contributed by atoms with Crippen LogP contribution in [0.1, 0.15) is 18.1 Å². The van der Waals surface area contributed by atoms with Gasteiger partial charge in [0.1, 0.15) is 0 Å². The van der Waals surface area contributed by atoms with Gasteiger partial charge in [0.05, 0.1) is 11.9 Å². The van der Waals surface area contributed by atoms with Crippen molar-refractivity contribution in [1.29, 1.82) is 0 Å². The summed E-state index contributed by atoms with van der Waals surface area (Å²) >= 11 is 0. The van der Waals surface area contributed by atoms with Crippen LogP contribution in [-0.4, -0.2) is 9.78 Å². The Balaban J connectivity index is 2.52. The van der Waals surface area contributed by atoms with Gasteiger partial charge in [-0.2, -0.15) is 5.10 Å². The van der Waals surface area contributed by atoms with Gasteiger partial charge < -0.3 is 5.73 Å². The molecule has 2 aromatic rings. The van der Waals surface area contributed by atoms with E-state index in [0.717, 1.165) is 17.8 Å². The molecule has 2 N–H and O–H groups in total. The smallest absolute Gasteiger partial charge is 0.0727 e. The lowest BCUT2D eigenvalue weighted by atomic mass is 10.1. The van der Waals surface area contributed by atoms with E-state index in [4.69, 9.17) is 5.73 Å². The maximum atomic E-state index is 5.73. The molecule has 0 bridgehead atoms. The van der Waals surface area contributed by atoms with Gasteiger partial charge in [0.25, 0.3) is 0 Å². The molecule has 0 fully saturated rings. The molecule has 2 rings (SSSR count). The van der Waals surface area contributed by atoms with Crippen LogP contribution in [0.15, 0.2) is 30.5 Å². The number of aromatic nitrogens is 2. The van der Waals surface area contributed by atoms with E-state index in [1.807, 2.05) is 10.9 Å². The minimum atomic E-state index is 0.531. The van der Waals surface area contributed by atoms with Crippen molar-refractivity contribution < 1.29 is 0 Å². The number of rotatable bonds is 3. The van der Waals surface area contributed by atoms with Crippen LogP contribution in [0.25, 0.3) is 11.3 Å². The van der Waals surface area contributed by atoms with E-state index in [2.05, 4.69) is 43.2 Å². The SMILES string of the molecule is CCn1ncc(CN)c1-c1ccc(C)cc1. The lowest BCUT2D eigenvalue weighted by Gasteiger charge is -2.07. The first-order valence-electron chi connectivity index (χ1n) is 5.58. The zero-order chi connectivity index (χ0) is 11.5. The van der Waals surface area contributed by atoms with Gasteiger partial charge in [-0.15, -0.1) is 0 Å². The van der Waals surface area contributed by atoms with Gasteiger partial charge in [-0.1, -0.05) is 29.8 Å². The minimum Gasteiger partial charge on any atom is -0.326 e. The molecule has 0 saturated carbocycles. The summed E-state index contributed by atoms with van der Waals surface area (Å²) in [5.74, 6) is 0. The Kier molecular flexibility index (Phi) is 3.06. The van der Waals surface area contributed by atoms with E-state index >= 15 is 0 Å². The van der Waals surface area contributed by atoms with Crippen molar-refractivity contribution in [2.24, 2.45) is 5.73 Å². The van der Waals surface area contributed by atoms with E-state index in [1.54, 1.807) is 0 Å². The second-order valence-electron chi connectivity index (χ2n) is 3.90. The quantitative estimate of drug-likeness (QED) is 0.854. The van der Waals surface area contributed by atoms with Gasteiger partial charge in [0.2, 0.25) is 0 Å². The van der Waals surface area contributed by atoms with Crippen molar-refractivity contribution in [3.05, 3.63) is 41.6 Å². The Hall–Kier alpha value is -1.61. The van der Waals surface area contributed by atoms with Gasteiger partial charge in [-0.25, -0.2) is 0 Å². The highest BCUT2D eigenvalue weighted by molar-refractivity contribution is 5.63. The summed E-state index contributed by atoms with van der Waals surface area (Å²) < 4.78 is 1.99. The molecule has 0 aliphatic carbocycles. The number of nitrogens with zero attached hydrogens (tertiary/aromatic N) is 2. The Morgan fingerprint density at radius 3 is 2.50 bits per heavy atom. The Bertz CT molecular complexity index is 447. The predicted molar refractivity (Wildman–Crippen MR) is 66.0 cm³/mol. The van der Waals surface area contributed by atoms with Gasteiger partial charge >= 0.3 is 0 Å². The maximum Gasteiger partial charge on any atom is 0.0727 e. The summed E-state index contributed by atoms with van der Waals surface area (Å²) in [6.45, 7) is 5.57. The molecule has 1 aromatic carbocycles. The van der Waals surface area contributed by atoms with Crippen LogP contribution in [0.5, 0.6) is 0 Å². The number of nitrogens with two attached hydrogens (primary N) is 1. The van der Waals surface area contributed by atoms with Crippen LogP contribution < -0.4 is 5.73 Å². The molecule has 3 heteroatoms. The normalized spacial score (nSPS) is 10.7. The van der Waals surface area contributed by atoms with E-state index in [9.17, 15) is 0 Å². The molecule has 0 unspecified atom stereocenters. The van der Waals surface area contributed by atoms with Crippen molar-refractivity contribution in [1.82, 2.24) is 9.78 Å². The highest BCUT2D eigenvalue weighted by Crippen LogP contribution is 2.23. The molecule has 0 saturated heterocycles. The topological polar surface area (TPSA) is 43.8 Å². The van der Waals surface area contributed by atoms with E-state index in [1.165, 1.54) is 11.1 Å². The first-order valence-corrected chi connectivity index (χ1v) is 5.58. The first-order chi connectivity index (χ1) is 7.76. The molecule has 0 amide bonds. The highest BCUT2D eigenvalue weighted by Gasteiger charge is 2.10. The van der Waals surface area contributed by atoms with Crippen LogP contribution in [0.2, 0.25) is 0 Å². The third-order valence-corrected chi connectivity index (χ3v) is 2.76. The van der Waals surface area contributed by atoms with Gasteiger partial charge in [-0.05, 0) is 13.8 Å². The van der Waals surface area contributed by atoms with Crippen LogP contribution >= 0.6 is 0 Å². The summed E-state index contributed by atoms with van der Waals surface area (Å²) in [6, 6.07) is 8.47. The molecule has 3 nitrogen and oxygen atoms in total. The van der Waals surface area contributed by atoms with Crippen molar-refractivity contribution >= 4 is 0 Å². The molecule has 0 atom stereocenters. The number of hydrogen-bond donors (Lipinski definition) is 1. The molecule has 0 aliphatic rings. The molecular weight excluding hydrogens is 198 g/mol. The summed E-state index contributed by atoms with van der Waals surface area (Å²) in [7, 11) is 0.